The second-order valence-electron chi connectivity index (χ2n) is 4.30. The Hall–Kier alpha value is -1.10. The molecule has 0 spiro atoms. The number of phenols is 1. The summed E-state index contributed by atoms with van der Waals surface area (Å²) < 4.78 is 16.1. The molecule has 0 saturated carbocycles. The Labute approximate surface area is 93.7 Å². The van der Waals surface area contributed by atoms with Crippen LogP contribution in [0.1, 0.15) is 5.56 Å². The van der Waals surface area contributed by atoms with E-state index in [1.54, 1.807) is 12.1 Å². The van der Waals surface area contributed by atoms with Crippen molar-refractivity contribution in [3.05, 3.63) is 29.8 Å². The van der Waals surface area contributed by atoms with Crippen molar-refractivity contribution >= 4 is 0 Å². The minimum atomic E-state index is -0.289. The van der Waals surface area contributed by atoms with Gasteiger partial charge in [0.15, 0.2) is 0 Å². The predicted octanol–water partition coefficient (Wildman–Crippen LogP) is 1.03. The molecule has 16 heavy (non-hydrogen) atoms. The van der Waals surface area contributed by atoms with E-state index in [9.17, 15) is 5.11 Å². The van der Waals surface area contributed by atoms with Gasteiger partial charge in [0.1, 0.15) is 17.5 Å². The standard InChI is InChI=1S/C12H14O4/c13-10-3-1-9(2-4-10)12(8-16-12)7-14-5-11-6-15-11/h1-4,11,13H,5-8H2. The van der Waals surface area contributed by atoms with Crippen LogP contribution in [0, 0.1) is 0 Å². The molecule has 86 valence electrons. The number of aromatic hydroxyl groups is 1. The maximum absolute atomic E-state index is 9.21. The summed E-state index contributed by atoms with van der Waals surface area (Å²) in [5.74, 6) is 0.270. The van der Waals surface area contributed by atoms with Crippen molar-refractivity contribution in [3.63, 3.8) is 0 Å². The van der Waals surface area contributed by atoms with E-state index in [0.717, 1.165) is 12.2 Å². The van der Waals surface area contributed by atoms with Crippen molar-refractivity contribution in [2.45, 2.75) is 11.7 Å². The van der Waals surface area contributed by atoms with E-state index in [-0.39, 0.29) is 17.5 Å². The lowest BCUT2D eigenvalue weighted by atomic mass is 10.0. The summed E-state index contributed by atoms with van der Waals surface area (Å²) in [5, 5.41) is 9.21. The van der Waals surface area contributed by atoms with E-state index in [1.165, 1.54) is 0 Å². The molecule has 0 amide bonds. The molecular formula is C12H14O4. The number of ether oxygens (including phenoxy) is 3. The second kappa shape index (κ2) is 3.73. The van der Waals surface area contributed by atoms with Gasteiger partial charge in [0.25, 0.3) is 0 Å². The molecule has 1 aromatic carbocycles. The van der Waals surface area contributed by atoms with E-state index in [1.807, 2.05) is 12.1 Å². The van der Waals surface area contributed by atoms with Crippen LogP contribution in [0.4, 0.5) is 0 Å². The van der Waals surface area contributed by atoms with Crippen molar-refractivity contribution in [1.82, 2.24) is 0 Å². The van der Waals surface area contributed by atoms with Gasteiger partial charge in [-0.1, -0.05) is 12.1 Å². The van der Waals surface area contributed by atoms with Gasteiger partial charge >= 0.3 is 0 Å². The lowest BCUT2D eigenvalue weighted by Crippen LogP contribution is -2.18. The summed E-state index contributed by atoms with van der Waals surface area (Å²) in [6.45, 7) is 2.69. The van der Waals surface area contributed by atoms with E-state index in [4.69, 9.17) is 14.2 Å². The first-order valence-electron chi connectivity index (χ1n) is 5.41. The van der Waals surface area contributed by atoms with E-state index in [0.29, 0.717) is 19.8 Å². The Kier molecular flexibility index (Phi) is 2.35. The Bertz CT molecular complexity index is 365. The Morgan fingerprint density at radius 1 is 1.38 bits per heavy atom. The van der Waals surface area contributed by atoms with Gasteiger partial charge in [-0.15, -0.1) is 0 Å². The largest absolute Gasteiger partial charge is 0.508 e. The second-order valence-corrected chi connectivity index (χ2v) is 4.30. The monoisotopic (exact) mass is 222 g/mol. The van der Waals surface area contributed by atoms with Crippen LogP contribution in [0.3, 0.4) is 0 Å². The molecule has 2 fully saturated rings. The van der Waals surface area contributed by atoms with Gasteiger partial charge in [-0.2, -0.15) is 0 Å². The summed E-state index contributed by atoms with van der Waals surface area (Å²) >= 11 is 0. The lowest BCUT2D eigenvalue weighted by molar-refractivity contribution is 0.0671. The highest BCUT2D eigenvalue weighted by molar-refractivity contribution is 5.32. The van der Waals surface area contributed by atoms with Crippen molar-refractivity contribution < 1.29 is 19.3 Å². The summed E-state index contributed by atoms with van der Waals surface area (Å²) in [4.78, 5) is 0. The van der Waals surface area contributed by atoms with Crippen molar-refractivity contribution in [1.29, 1.82) is 0 Å². The fourth-order valence-electron chi connectivity index (χ4n) is 1.71. The predicted molar refractivity (Wildman–Crippen MR) is 56.3 cm³/mol. The zero-order valence-corrected chi connectivity index (χ0v) is 8.89. The highest BCUT2D eigenvalue weighted by atomic mass is 16.6. The molecule has 1 aromatic rings. The molecule has 4 nitrogen and oxygen atoms in total. The van der Waals surface area contributed by atoms with Crippen molar-refractivity contribution in [2.24, 2.45) is 0 Å². The van der Waals surface area contributed by atoms with Crippen LogP contribution in [-0.2, 0) is 19.8 Å². The average molecular weight is 222 g/mol. The summed E-state index contributed by atoms with van der Waals surface area (Å²) in [6.07, 6.45) is 0.288. The molecule has 0 radical (unpaired) electrons. The van der Waals surface area contributed by atoms with Crippen LogP contribution in [0.5, 0.6) is 5.75 Å². The third kappa shape index (κ3) is 2.04. The number of benzene rings is 1. The van der Waals surface area contributed by atoms with Crippen LogP contribution in [0.2, 0.25) is 0 Å². The first-order valence-corrected chi connectivity index (χ1v) is 5.41. The number of phenolic OH excluding ortho intramolecular Hbond substituents is 1. The third-order valence-corrected chi connectivity index (χ3v) is 2.93. The van der Waals surface area contributed by atoms with Gasteiger partial charge < -0.3 is 19.3 Å². The van der Waals surface area contributed by atoms with E-state index in [2.05, 4.69) is 0 Å². The maximum atomic E-state index is 9.21. The first-order chi connectivity index (χ1) is 7.78. The zero-order valence-electron chi connectivity index (χ0n) is 8.89. The minimum absolute atomic E-state index is 0.270. The summed E-state index contributed by atoms with van der Waals surface area (Å²) in [7, 11) is 0. The SMILES string of the molecule is Oc1ccc(C2(COCC3CO3)CO2)cc1. The Balaban J connectivity index is 1.60. The Morgan fingerprint density at radius 3 is 2.62 bits per heavy atom. The van der Waals surface area contributed by atoms with Gasteiger partial charge in [0.05, 0.1) is 26.4 Å². The molecule has 0 bridgehead atoms. The molecule has 1 N–H and O–H groups in total. The molecule has 2 saturated heterocycles. The normalized spacial score (nSPS) is 31.4. The maximum Gasteiger partial charge on any atom is 0.140 e. The van der Waals surface area contributed by atoms with Crippen LogP contribution >= 0.6 is 0 Å². The number of epoxide rings is 2. The topological polar surface area (TPSA) is 54.5 Å². The Morgan fingerprint density at radius 2 is 2.06 bits per heavy atom. The summed E-state index contributed by atoms with van der Waals surface area (Å²) in [5.41, 5.74) is 0.768. The van der Waals surface area contributed by atoms with Crippen molar-refractivity contribution in [2.75, 3.05) is 26.4 Å². The third-order valence-electron chi connectivity index (χ3n) is 2.93. The number of rotatable bonds is 5. The number of hydrogen-bond donors (Lipinski definition) is 1. The molecule has 2 unspecified atom stereocenters. The highest BCUT2D eigenvalue weighted by Crippen LogP contribution is 2.39. The molecule has 0 aromatic heterocycles. The first kappa shape index (κ1) is 10.1. The number of hydrogen-bond acceptors (Lipinski definition) is 4. The van der Waals surface area contributed by atoms with Crippen LogP contribution in [0.15, 0.2) is 24.3 Å². The van der Waals surface area contributed by atoms with E-state index < -0.39 is 0 Å². The van der Waals surface area contributed by atoms with Crippen LogP contribution in [0.25, 0.3) is 0 Å². The molecule has 0 aliphatic carbocycles. The molecule has 2 aliphatic heterocycles. The molecular weight excluding hydrogens is 208 g/mol. The quantitative estimate of drug-likeness (QED) is 0.756. The fourth-order valence-corrected chi connectivity index (χ4v) is 1.71. The fraction of sp³-hybridized carbons (Fsp3) is 0.500. The van der Waals surface area contributed by atoms with Gasteiger partial charge in [-0.05, 0) is 17.7 Å². The minimum Gasteiger partial charge on any atom is -0.508 e. The van der Waals surface area contributed by atoms with Crippen LogP contribution in [-0.4, -0.2) is 37.6 Å². The molecule has 4 heteroatoms. The zero-order chi connectivity index (χ0) is 11.0. The van der Waals surface area contributed by atoms with Gasteiger partial charge in [-0.25, -0.2) is 0 Å². The molecule has 2 atom stereocenters. The molecule has 2 aliphatic rings. The molecule has 2 heterocycles. The van der Waals surface area contributed by atoms with Crippen molar-refractivity contribution in [3.8, 4) is 5.75 Å². The lowest BCUT2D eigenvalue weighted by Gasteiger charge is -2.12. The highest BCUT2D eigenvalue weighted by Gasteiger charge is 2.47. The van der Waals surface area contributed by atoms with Gasteiger partial charge in [0, 0.05) is 0 Å². The van der Waals surface area contributed by atoms with Gasteiger partial charge in [0.2, 0.25) is 0 Å². The average Bonchev–Trinajstić information content (AvgIpc) is 3.14. The van der Waals surface area contributed by atoms with E-state index >= 15 is 0 Å². The molecule has 3 rings (SSSR count). The smallest absolute Gasteiger partial charge is 0.140 e. The van der Waals surface area contributed by atoms with Gasteiger partial charge in [-0.3, -0.25) is 0 Å². The van der Waals surface area contributed by atoms with Crippen LogP contribution < -0.4 is 0 Å². The summed E-state index contributed by atoms with van der Waals surface area (Å²) in [6, 6.07) is 7.09.